The van der Waals surface area contributed by atoms with Gasteiger partial charge in [0.05, 0.1) is 11.0 Å². The predicted molar refractivity (Wildman–Crippen MR) is 77.4 cm³/mol. The van der Waals surface area contributed by atoms with Gasteiger partial charge in [0, 0.05) is 13.5 Å². The van der Waals surface area contributed by atoms with E-state index in [1.165, 1.54) is 11.6 Å². The fourth-order valence-corrected chi connectivity index (χ4v) is 2.30. The summed E-state index contributed by atoms with van der Waals surface area (Å²) in [7, 11) is 1.54. The largest absolute Gasteiger partial charge is 0.480 e. The van der Waals surface area contributed by atoms with Gasteiger partial charge in [0.15, 0.2) is 0 Å². The normalized spacial score (nSPS) is 12.5. The highest BCUT2D eigenvalue weighted by molar-refractivity contribution is 5.85. The highest BCUT2D eigenvalue weighted by Crippen LogP contribution is 2.11. The number of amides is 1. The molecule has 1 heterocycles. The summed E-state index contributed by atoms with van der Waals surface area (Å²) in [6.07, 6.45) is -3.86. The number of aryl methyl sites for hydroxylation is 1. The monoisotopic (exact) mass is 327 g/mol. The van der Waals surface area contributed by atoms with Crippen LogP contribution in [0.2, 0.25) is 0 Å². The van der Waals surface area contributed by atoms with Crippen molar-refractivity contribution < 1.29 is 23.5 Å². The molecule has 0 bridgehead atoms. The number of carbonyl (C=O) groups excluding carboxylic acids is 1. The molecule has 0 aliphatic heterocycles. The third-order valence-corrected chi connectivity index (χ3v) is 3.40. The number of halogens is 2. The van der Waals surface area contributed by atoms with Crippen LogP contribution in [-0.4, -0.2) is 38.6 Å². The minimum atomic E-state index is -2.86. The summed E-state index contributed by atoms with van der Waals surface area (Å²) in [5.41, 5.74) is 0.644. The zero-order chi connectivity index (χ0) is 17.1. The zero-order valence-corrected chi connectivity index (χ0v) is 12.2. The molecule has 0 spiro atoms. The molecule has 23 heavy (non-hydrogen) atoms. The van der Waals surface area contributed by atoms with Gasteiger partial charge in [0.25, 0.3) is 0 Å². The van der Waals surface area contributed by atoms with E-state index in [2.05, 4.69) is 0 Å². The zero-order valence-electron chi connectivity index (χ0n) is 12.2. The van der Waals surface area contributed by atoms with Crippen LogP contribution in [0.15, 0.2) is 29.1 Å². The van der Waals surface area contributed by atoms with Gasteiger partial charge in [-0.2, -0.15) is 0 Å². The number of nitrogens with zero attached hydrogens (tertiary/aromatic N) is 2. The maximum atomic E-state index is 12.3. The first-order valence-corrected chi connectivity index (χ1v) is 6.76. The Labute approximate surface area is 129 Å². The van der Waals surface area contributed by atoms with Crippen LogP contribution in [0.3, 0.4) is 0 Å². The van der Waals surface area contributed by atoms with Gasteiger partial charge >= 0.3 is 11.7 Å². The van der Waals surface area contributed by atoms with Gasteiger partial charge in [-0.05, 0) is 12.1 Å². The van der Waals surface area contributed by atoms with Crippen LogP contribution >= 0.6 is 0 Å². The quantitative estimate of drug-likeness (QED) is 0.811. The number of imidazole rings is 1. The number of carboxylic acids is 1. The molecule has 0 saturated heterocycles. The van der Waals surface area contributed by atoms with Crippen molar-refractivity contribution >= 4 is 22.9 Å². The van der Waals surface area contributed by atoms with Crippen molar-refractivity contribution in [2.24, 2.45) is 7.05 Å². The lowest BCUT2D eigenvalue weighted by atomic mass is 10.2. The van der Waals surface area contributed by atoms with Crippen molar-refractivity contribution in [1.29, 1.82) is 0 Å². The van der Waals surface area contributed by atoms with Crippen LogP contribution in [-0.2, 0) is 23.2 Å². The molecule has 1 amide bonds. The van der Waals surface area contributed by atoms with Crippen molar-refractivity contribution in [1.82, 2.24) is 14.5 Å². The van der Waals surface area contributed by atoms with E-state index in [-0.39, 0.29) is 0 Å². The van der Waals surface area contributed by atoms with Crippen LogP contribution < -0.4 is 11.0 Å². The van der Waals surface area contributed by atoms with Gasteiger partial charge in [0.2, 0.25) is 12.3 Å². The molecular formula is C14H15F2N3O4. The Bertz CT molecular complexity index is 797. The molecule has 7 nitrogen and oxygen atoms in total. The number of aliphatic carboxylic acids is 1. The lowest BCUT2D eigenvalue weighted by molar-refractivity contribution is -0.143. The van der Waals surface area contributed by atoms with E-state index >= 15 is 0 Å². The van der Waals surface area contributed by atoms with E-state index in [1.807, 2.05) is 5.32 Å². The third-order valence-electron chi connectivity index (χ3n) is 3.40. The highest BCUT2D eigenvalue weighted by atomic mass is 19.3. The molecule has 0 saturated carbocycles. The maximum Gasteiger partial charge on any atom is 0.329 e. The summed E-state index contributed by atoms with van der Waals surface area (Å²) in [5.74, 6) is -2.37. The predicted octanol–water partition coefficient (Wildman–Crippen LogP) is 0.565. The van der Waals surface area contributed by atoms with Crippen molar-refractivity contribution in [3.63, 3.8) is 0 Å². The molecule has 0 radical (unpaired) electrons. The number of para-hydroxylation sites is 2. The molecule has 9 heteroatoms. The Morgan fingerprint density at radius 1 is 1.26 bits per heavy atom. The van der Waals surface area contributed by atoms with Crippen LogP contribution in [0.5, 0.6) is 0 Å². The SMILES string of the molecule is Cn1c(=O)n(CC(=O)NC(CC(F)F)C(=O)O)c2ccccc21. The lowest BCUT2D eigenvalue weighted by Crippen LogP contribution is -2.44. The number of hydrogen-bond acceptors (Lipinski definition) is 3. The summed E-state index contributed by atoms with van der Waals surface area (Å²) in [5, 5.41) is 10.9. The van der Waals surface area contributed by atoms with Gasteiger partial charge in [0.1, 0.15) is 12.6 Å². The maximum absolute atomic E-state index is 12.3. The molecule has 1 atom stereocenters. The average molecular weight is 327 g/mol. The Kier molecular flexibility index (Phi) is 4.77. The topological polar surface area (TPSA) is 93.3 Å². The van der Waals surface area contributed by atoms with Gasteiger partial charge in [-0.3, -0.25) is 13.9 Å². The minimum Gasteiger partial charge on any atom is -0.480 e. The van der Waals surface area contributed by atoms with Crippen LogP contribution in [0, 0.1) is 0 Å². The van der Waals surface area contributed by atoms with E-state index in [4.69, 9.17) is 5.11 Å². The smallest absolute Gasteiger partial charge is 0.329 e. The molecule has 0 aliphatic carbocycles. The van der Waals surface area contributed by atoms with E-state index < -0.39 is 43.0 Å². The molecule has 0 fully saturated rings. The number of fused-ring (bicyclic) bond motifs is 1. The highest BCUT2D eigenvalue weighted by Gasteiger charge is 2.24. The van der Waals surface area contributed by atoms with Gasteiger partial charge < -0.3 is 10.4 Å². The Hall–Kier alpha value is -2.71. The van der Waals surface area contributed by atoms with Crippen molar-refractivity contribution in [3.05, 3.63) is 34.7 Å². The van der Waals surface area contributed by atoms with Gasteiger partial charge in [-0.25, -0.2) is 18.4 Å². The Morgan fingerprint density at radius 3 is 2.43 bits per heavy atom. The average Bonchev–Trinajstić information content (AvgIpc) is 2.72. The number of aromatic nitrogens is 2. The van der Waals surface area contributed by atoms with E-state index in [0.29, 0.717) is 11.0 Å². The van der Waals surface area contributed by atoms with Gasteiger partial charge in [-0.15, -0.1) is 0 Å². The number of alkyl halides is 2. The van der Waals surface area contributed by atoms with E-state index in [0.717, 1.165) is 4.57 Å². The number of rotatable bonds is 6. The van der Waals surface area contributed by atoms with Crippen molar-refractivity contribution in [2.45, 2.75) is 25.4 Å². The number of hydrogen-bond donors (Lipinski definition) is 2. The van der Waals surface area contributed by atoms with Crippen LogP contribution in [0.25, 0.3) is 11.0 Å². The standard InChI is InChI=1S/C14H15F2N3O4/c1-18-9-4-2-3-5-10(9)19(14(18)23)7-12(20)17-8(13(21)22)6-11(15)16/h2-5,8,11H,6-7H2,1H3,(H,17,20)(H,21,22). The first-order chi connectivity index (χ1) is 10.8. The first-order valence-electron chi connectivity index (χ1n) is 6.76. The molecule has 2 aromatic rings. The molecule has 124 valence electrons. The summed E-state index contributed by atoms with van der Waals surface area (Å²) in [6.45, 7) is -0.451. The van der Waals surface area contributed by atoms with Gasteiger partial charge in [-0.1, -0.05) is 12.1 Å². The van der Waals surface area contributed by atoms with Crippen molar-refractivity contribution in [3.8, 4) is 0 Å². The number of carbonyl (C=O) groups is 2. The molecule has 0 aliphatic rings. The first kappa shape index (κ1) is 16.7. The minimum absolute atomic E-state index is 0.451. The summed E-state index contributed by atoms with van der Waals surface area (Å²) < 4.78 is 27.2. The number of benzene rings is 1. The van der Waals surface area contributed by atoms with E-state index in [9.17, 15) is 23.2 Å². The fourth-order valence-electron chi connectivity index (χ4n) is 2.30. The summed E-state index contributed by atoms with van der Waals surface area (Å²) in [6, 6.07) is 5.05. The second kappa shape index (κ2) is 6.59. The van der Waals surface area contributed by atoms with Crippen LogP contribution in [0.1, 0.15) is 6.42 Å². The molecule has 1 aromatic heterocycles. The molecule has 2 N–H and O–H groups in total. The summed E-state index contributed by atoms with van der Waals surface area (Å²) >= 11 is 0. The lowest BCUT2D eigenvalue weighted by Gasteiger charge is -2.14. The second-order valence-electron chi connectivity index (χ2n) is 5.00. The summed E-state index contributed by atoms with van der Waals surface area (Å²) in [4.78, 5) is 34.9. The molecular weight excluding hydrogens is 312 g/mol. The Morgan fingerprint density at radius 2 is 1.87 bits per heavy atom. The third kappa shape index (κ3) is 3.55. The van der Waals surface area contributed by atoms with Crippen LogP contribution in [0.4, 0.5) is 8.78 Å². The Balaban J connectivity index is 2.22. The molecule has 1 unspecified atom stereocenters. The fraction of sp³-hybridized carbons (Fsp3) is 0.357. The number of nitrogens with one attached hydrogen (secondary N) is 1. The van der Waals surface area contributed by atoms with Crippen molar-refractivity contribution in [2.75, 3.05) is 0 Å². The second-order valence-corrected chi connectivity index (χ2v) is 5.00. The molecule has 2 rings (SSSR count). The number of carboxylic acid groups (broad SMARTS) is 1. The molecule has 1 aromatic carbocycles. The van der Waals surface area contributed by atoms with E-state index in [1.54, 1.807) is 24.3 Å².